The minimum atomic E-state index is -0.623. The molecule has 4 heteroatoms. The van der Waals surface area contributed by atoms with Gasteiger partial charge in [-0.1, -0.05) is 18.2 Å². The summed E-state index contributed by atoms with van der Waals surface area (Å²) in [5.41, 5.74) is 1.77. The molecule has 0 aliphatic rings. The molecule has 0 bridgehead atoms. The second-order valence-corrected chi connectivity index (χ2v) is 6.12. The first-order valence-electron chi connectivity index (χ1n) is 5.44. The molecule has 2 aromatic rings. The molecule has 0 heterocycles. The second-order valence-electron chi connectivity index (χ2n) is 4.02. The minimum absolute atomic E-state index is 0.319. The zero-order valence-electron chi connectivity index (χ0n) is 9.41. The molecule has 1 nitrogen and oxygen atoms in total. The third-order valence-corrected chi connectivity index (χ3v) is 4.00. The number of aliphatic hydroxyl groups excluding tert-OH is 1. The second kappa shape index (κ2) is 6.12. The Balaban J connectivity index is 2.13. The van der Waals surface area contributed by atoms with Crippen molar-refractivity contribution >= 4 is 38.5 Å². The average Bonchev–Trinajstić information content (AvgIpc) is 2.35. The molecule has 0 amide bonds. The van der Waals surface area contributed by atoms with Gasteiger partial charge in [-0.25, -0.2) is 4.39 Å². The summed E-state index contributed by atoms with van der Waals surface area (Å²) in [5, 5.41) is 10.1. The van der Waals surface area contributed by atoms with Crippen molar-refractivity contribution in [3.8, 4) is 0 Å². The van der Waals surface area contributed by atoms with E-state index < -0.39 is 6.10 Å². The third-order valence-electron chi connectivity index (χ3n) is 2.67. The maximum absolute atomic E-state index is 13.1. The van der Waals surface area contributed by atoms with E-state index in [1.54, 1.807) is 12.1 Å². The molecule has 2 rings (SSSR count). The van der Waals surface area contributed by atoms with Gasteiger partial charge in [-0.3, -0.25) is 0 Å². The normalized spacial score (nSPS) is 12.4. The van der Waals surface area contributed by atoms with Crippen molar-refractivity contribution < 1.29 is 9.50 Å². The first-order chi connectivity index (χ1) is 8.56. The Labute approximate surface area is 127 Å². The van der Waals surface area contributed by atoms with Gasteiger partial charge in [-0.05, 0) is 73.9 Å². The molecule has 0 saturated carbocycles. The van der Waals surface area contributed by atoms with Crippen LogP contribution in [0, 0.1) is 9.39 Å². The van der Waals surface area contributed by atoms with Gasteiger partial charge in [0, 0.05) is 9.99 Å². The zero-order valence-corrected chi connectivity index (χ0v) is 13.2. The number of rotatable bonds is 3. The maximum atomic E-state index is 13.1. The Kier molecular flexibility index (Phi) is 4.75. The Bertz CT molecular complexity index is 542. The van der Waals surface area contributed by atoms with Crippen LogP contribution in [-0.2, 0) is 6.42 Å². The monoisotopic (exact) mass is 420 g/mol. The highest BCUT2D eigenvalue weighted by molar-refractivity contribution is 14.1. The molecule has 0 fully saturated rings. The van der Waals surface area contributed by atoms with Crippen molar-refractivity contribution in [2.24, 2.45) is 0 Å². The van der Waals surface area contributed by atoms with Crippen LogP contribution in [0.2, 0.25) is 0 Å². The lowest BCUT2D eigenvalue weighted by atomic mass is 10.0. The Morgan fingerprint density at radius 3 is 2.44 bits per heavy atom. The van der Waals surface area contributed by atoms with Gasteiger partial charge in [0.25, 0.3) is 0 Å². The van der Waals surface area contributed by atoms with Crippen LogP contribution < -0.4 is 0 Å². The number of aliphatic hydroxyl groups is 1. The van der Waals surface area contributed by atoms with Crippen LogP contribution in [0.4, 0.5) is 4.39 Å². The summed E-state index contributed by atoms with van der Waals surface area (Å²) in [4.78, 5) is 0. The maximum Gasteiger partial charge on any atom is 0.137 e. The standard InChI is InChI=1S/C14H11BrFIO/c15-12-8-10(3-6-13(12)16)14(18)7-9-1-4-11(17)5-2-9/h1-6,8,14,18H,7H2. The zero-order chi connectivity index (χ0) is 13.1. The fourth-order valence-corrected chi connectivity index (χ4v) is 2.44. The van der Waals surface area contributed by atoms with E-state index >= 15 is 0 Å². The molecule has 1 atom stereocenters. The van der Waals surface area contributed by atoms with Gasteiger partial charge < -0.3 is 5.11 Å². The summed E-state index contributed by atoms with van der Waals surface area (Å²) in [5.74, 6) is -0.319. The average molecular weight is 421 g/mol. The summed E-state index contributed by atoms with van der Waals surface area (Å²) < 4.78 is 14.6. The van der Waals surface area contributed by atoms with Gasteiger partial charge in [-0.2, -0.15) is 0 Å². The molecule has 2 aromatic carbocycles. The fraction of sp³-hybridized carbons (Fsp3) is 0.143. The van der Waals surface area contributed by atoms with E-state index in [1.165, 1.54) is 6.07 Å². The number of benzene rings is 2. The van der Waals surface area contributed by atoms with Crippen LogP contribution in [-0.4, -0.2) is 5.11 Å². The molecular weight excluding hydrogens is 410 g/mol. The van der Waals surface area contributed by atoms with Gasteiger partial charge in [-0.15, -0.1) is 0 Å². The van der Waals surface area contributed by atoms with Gasteiger partial charge in [0.2, 0.25) is 0 Å². The van der Waals surface area contributed by atoms with E-state index in [0.29, 0.717) is 16.5 Å². The Morgan fingerprint density at radius 1 is 1.17 bits per heavy atom. The van der Waals surface area contributed by atoms with Crippen molar-refractivity contribution in [3.63, 3.8) is 0 Å². The lowest BCUT2D eigenvalue weighted by molar-refractivity contribution is 0.178. The molecular formula is C14H11BrFIO. The molecule has 0 aromatic heterocycles. The summed E-state index contributed by atoms with van der Waals surface area (Å²) in [7, 11) is 0. The quantitative estimate of drug-likeness (QED) is 0.726. The van der Waals surface area contributed by atoms with E-state index in [0.717, 1.165) is 9.13 Å². The van der Waals surface area contributed by atoms with Crippen LogP contribution in [0.1, 0.15) is 17.2 Å². The molecule has 0 spiro atoms. The van der Waals surface area contributed by atoms with E-state index in [-0.39, 0.29) is 5.82 Å². The van der Waals surface area contributed by atoms with E-state index in [9.17, 15) is 9.50 Å². The molecule has 0 aliphatic carbocycles. The van der Waals surface area contributed by atoms with Crippen molar-refractivity contribution in [1.82, 2.24) is 0 Å². The van der Waals surface area contributed by atoms with Crippen molar-refractivity contribution in [3.05, 3.63) is 67.5 Å². The van der Waals surface area contributed by atoms with Gasteiger partial charge in [0.05, 0.1) is 10.6 Å². The van der Waals surface area contributed by atoms with Gasteiger partial charge >= 0.3 is 0 Å². The lowest BCUT2D eigenvalue weighted by Crippen LogP contribution is -2.02. The summed E-state index contributed by atoms with van der Waals surface area (Å²) >= 11 is 5.36. The molecule has 0 aliphatic heterocycles. The van der Waals surface area contributed by atoms with Crippen molar-refractivity contribution in [1.29, 1.82) is 0 Å². The predicted molar refractivity (Wildman–Crippen MR) is 81.9 cm³/mol. The smallest absolute Gasteiger partial charge is 0.137 e. The number of hydrogen-bond donors (Lipinski definition) is 1. The lowest BCUT2D eigenvalue weighted by Gasteiger charge is -2.12. The van der Waals surface area contributed by atoms with Gasteiger partial charge in [0.15, 0.2) is 0 Å². The molecule has 94 valence electrons. The first-order valence-corrected chi connectivity index (χ1v) is 7.31. The molecule has 1 unspecified atom stereocenters. The Hall–Kier alpha value is -0.460. The number of halogens is 3. The van der Waals surface area contributed by atoms with Crippen molar-refractivity contribution in [2.75, 3.05) is 0 Å². The van der Waals surface area contributed by atoms with E-state index in [4.69, 9.17) is 0 Å². The molecule has 1 N–H and O–H groups in total. The Morgan fingerprint density at radius 2 is 1.83 bits per heavy atom. The highest BCUT2D eigenvalue weighted by Crippen LogP contribution is 2.24. The summed E-state index contributed by atoms with van der Waals surface area (Å²) in [6.45, 7) is 0. The molecule has 0 saturated heterocycles. The highest BCUT2D eigenvalue weighted by Gasteiger charge is 2.10. The van der Waals surface area contributed by atoms with Crippen LogP contribution in [0.3, 0.4) is 0 Å². The van der Waals surface area contributed by atoms with Crippen LogP contribution in [0.15, 0.2) is 46.9 Å². The fourth-order valence-electron chi connectivity index (χ4n) is 1.68. The third kappa shape index (κ3) is 3.52. The minimum Gasteiger partial charge on any atom is -0.388 e. The topological polar surface area (TPSA) is 20.2 Å². The summed E-state index contributed by atoms with van der Waals surface area (Å²) in [6.07, 6.45) is -0.100. The van der Waals surface area contributed by atoms with Gasteiger partial charge in [0.1, 0.15) is 5.82 Å². The largest absolute Gasteiger partial charge is 0.388 e. The van der Waals surface area contributed by atoms with Crippen LogP contribution in [0.25, 0.3) is 0 Å². The van der Waals surface area contributed by atoms with E-state index in [2.05, 4.69) is 38.5 Å². The van der Waals surface area contributed by atoms with Crippen LogP contribution >= 0.6 is 38.5 Å². The summed E-state index contributed by atoms with van der Waals surface area (Å²) in [6, 6.07) is 12.6. The molecule has 18 heavy (non-hydrogen) atoms. The van der Waals surface area contributed by atoms with E-state index in [1.807, 2.05) is 24.3 Å². The number of hydrogen-bond acceptors (Lipinski definition) is 1. The first kappa shape index (κ1) is 14.0. The van der Waals surface area contributed by atoms with Crippen molar-refractivity contribution in [2.45, 2.75) is 12.5 Å². The predicted octanol–water partition coefficient (Wildman–Crippen LogP) is 4.47. The highest BCUT2D eigenvalue weighted by atomic mass is 127. The SMILES string of the molecule is OC(Cc1ccc(I)cc1)c1ccc(F)c(Br)c1. The van der Waals surface area contributed by atoms with Crippen LogP contribution in [0.5, 0.6) is 0 Å². The molecule has 0 radical (unpaired) electrons.